The van der Waals surface area contributed by atoms with Gasteiger partial charge >= 0.3 is 0 Å². The summed E-state index contributed by atoms with van der Waals surface area (Å²) in [6.45, 7) is 8.90. The Kier molecular flexibility index (Phi) is 4.03. The molecule has 0 radical (unpaired) electrons. The number of hydrogen-bond acceptors (Lipinski definition) is 2. The van der Waals surface area contributed by atoms with E-state index < -0.39 is 5.60 Å². The Morgan fingerprint density at radius 1 is 1.11 bits per heavy atom. The number of aryl methyl sites for hydroxylation is 2. The first-order valence-electron chi connectivity index (χ1n) is 7.33. The molecule has 0 saturated heterocycles. The smallest absolute Gasteiger partial charge is 0.0783 e. The number of hydrogen-bond donors (Lipinski definition) is 2. The quantitative estimate of drug-likeness (QED) is 0.873. The molecule has 1 aliphatic carbocycles. The van der Waals surface area contributed by atoms with Gasteiger partial charge in [-0.05, 0) is 63.6 Å². The number of aliphatic hydroxyl groups is 1. The second-order valence-electron chi connectivity index (χ2n) is 7.23. The van der Waals surface area contributed by atoms with Gasteiger partial charge in [0.15, 0.2) is 0 Å². The predicted molar refractivity (Wildman–Crippen MR) is 80.6 cm³/mol. The Morgan fingerprint density at radius 3 is 2.47 bits per heavy atom. The number of fused-ring (bicyclic) bond motifs is 1. The number of nitrogens with one attached hydrogen (secondary N) is 1. The van der Waals surface area contributed by atoms with Gasteiger partial charge in [0.1, 0.15) is 0 Å². The highest BCUT2D eigenvalue weighted by molar-refractivity contribution is 5.35. The fourth-order valence-electron chi connectivity index (χ4n) is 2.69. The van der Waals surface area contributed by atoms with Crippen LogP contribution in [0, 0.1) is 0 Å². The first-order valence-corrected chi connectivity index (χ1v) is 7.33. The Bertz CT molecular complexity index is 443. The maximum atomic E-state index is 10.5. The molecular formula is C17H27NO. The van der Waals surface area contributed by atoms with Crippen LogP contribution in [0.4, 0.5) is 0 Å². The molecule has 1 aromatic rings. The van der Waals surface area contributed by atoms with Crippen molar-refractivity contribution in [3.8, 4) is 0 Å². The van der Waals surface area contributed by atoms with Crippen molar-refractivity contribution in [3.63, 3.8) is 0 Å². The van der Waals surface area contributed by atoms with Gasteiger partial charge < -0.3 is 10.4 Å². The van der Waals surface area contributed by atoms with Crippen LogP contribution >= 0.6 is 0 Å². The van der Waals surface area contributed by atoms with E-state index in [-0.39, 0.29) is 5.54 Å². The van der Waals surface area contributed by atoms with Crippen LogP contribution in [0.3, 0.4) is 0 Å². The van der Waals surface area contributed by atoms with Crippen molar-refractivity contribution < 1.29 is 5.11 Å². The SMILES string of the molecule is CC(O)(CNC(C)(C)C)Cc1ccc2c(c1)CCC2. The average Bonchev–Trinajstić information content (AvgIpc) is 2.72. The summed E-state index contributed by atoms with van der Waals surface area (Å²) in [5.74, 6) is 0. The first-order chi connectivity index (χ1) is 8.75. The highest BCUT2D eigenvalue weighted by atomic mass is 16.3. The fraction of sp³-hybridized carbons (Fsp3) is 0.647. The van der Waals surface area contributed by atoms with Crippen molar-refractivity contribution >= 4 is 0 Å². The molecule has 1 aliphatic rings. The molecule has 1 unspecified atom stereocenters. The summed E-state index contributed by atoms with van der Waals surface area (Å²) < 4.78 is 0. The Hall–Kier alpha value is -0.860. The van der Waals surface area contributed by atoms with Crippen LogP contribution in [0.5, 0.6) is 0 Å². The van der Waals surface area contributed by atoms with Crippen molar-refractivity contribution in [3.05, 3.63) is 34.9 Å². The molecule has 0 fully saturated rings. The van der Waals surface area contributed by atoms with Gasteiger partial charge in [0.2, 0.25) is 0 Å². The van der Waals surface area contributed by atoms with Gasteiger partial charge in [-0.1, -0.05) is 18.2 Å². The summed E-state index contributed by atoms with van der Waals surface area (Å²) in [5, 5.41) is 13.9. The van der Waals surface area contributed by atoms with E-state index in [1.807, 2.05) is 6.92 Å². The Labute approximate surface area is 117 Å². The Morgan fingerprint density at radius 2 is 1.79 bits per heavy atom. The van der Waals surface area contributed by atoms with Crippen LogP contribution in [-0.2, 0) is 19.3 Å². The highest BCUT2D eigenvalue weighted by Gasteiger charge is 2.24. The molecule has 0 spiro atoms. The Balaban J connectivity index is 1.99. The molecule has 0 amide bonds. The molecule has 0 aliphatic heterocycles. The van der Waals surface area contributed by atoms with Gasteiger partial charge in [0.05, 0.1) is 5.60 Å². The van der Waals surface area contributed by atoms with E-state index in [2.05, 4.69) is 44.3 Å². The zero-order valence-corrected chi connectivity index (χ0v) is 12.7. The first kappa shape index (κ1) is 14.5. The van der Waals surface area contributed by atoms with Gasteiger partial charge in [-0.15, -0.1) is 0 Å². The van der Waals surface area contributed by atoms with Crippen LogP contribution in [-0.4, -0.2) is 22.8 Å². The van der Waals surface area contributed by atoms with E-state index in [1.54, 1.807) is 0 Å². The summed E-state index contributed by atoms with van der Waals surface area (Å²) in [6.07, 6.45) is 4.41. The van der Waals surface area contributed by atoms with Gasteiger partial charge in [-0.2, -0.15) is 0 Å². The monoisotopic (exact) mass is 261 g/mol. The van der Waals surface area contributed by atoms with Crippen molar-refractivity contribution in [2.75, 3.05) is 6.54 Å². The summed E-state index contributed by atoms with van der Waals surface area (Å²) in [7, 11) is 0. The molecular weight excluding hydrogens is 234 g/mol. The summed E-state index contributed by atoms with van der Waals surface area (Å²) in [6, 6.07) is 6.70. The van der Waals surface area contributed by atoms with Crippen LogP contribution in [0.1, 0.15) is 50.8 Å². The predicted octanol–water partition coefficient (Wildman–Crippen LogP) is 2.86. The molecule has 0 bridgehead atoms. The number of β-amino-alcohol motifs (C(OH)–C–C–N with tert-alkyl or cyclic N) is 1. The lowest BCUT2D eigenvalue weighted by atomic mass is 9.93. The molecule has 2 N–H and O–H groups in total. The van der Waals surface area contributed by atoms with E-state index >= 15 is 0 Å². The topological polar surface area (TPSA) is 32.3 Å². The summed E-state index contributed by atoms with van der Waals surface area (Å²) in [4.78, 5) is 0. The minimum absolute atomic E-state index is 0.0436. The molecule has 2 heteroatoms. The molecule has 19 heavy (non-hydrogen) atoms. The van der Waals surface area contributed by atoms with Crippen LogP contribution < -0.4 is 5.32 Å². The lowest BCUT2D eigenvalue weighted by molar-refractivity contribution is 0.0535. The molecule has 1 atom stereocenters. The second-order valence-corrected chi connectivity index (χ2v) is 7.23. The average molecular weight is 261 g/mol. The zero-order valence-electron chi connectivity index (χ0n) is 12.7. The molecule has 2 rings (SSSR count). The lowest BCUT2D eigenvalue weighted by Gasteiger charge is -2.29. The van der Waals surface area contributed by atoms with Crippen molar-refractivity contribution in [2.24, 2.45) is 0 Å². The van der Waals surface area contributed by atoms with Crippen LogP contribution in [0.15, 0.2) is 18.2 Å². The molecule has 0 saturated carbocycles. The number of rotatable bonds is 4. The lowest BCUT2D eigenvalue weighted by Crippen LogP contribution is -2.47. The normalized spacial score (nSPS) is 18.2. The largest absolute Gasteiger partial charge is 0.389 e. The second kappa shape index (κ2) is 5.26. The maximum Gasteiger partial charge on any atom is 0.0783 e. The standard InChI is InChI=1S/C17H27NO/c1-16(2,3)18-12-17(4,19)11-13-8-9-14-6-5-7-15(14)10-13/h8-10,18-19H,5-7,11-12H2,1-4H3. The molecule has 1 aromatic carbocycles. The van der Waals surface area contributed by atoms with Crippen molar-refractivity contribution in [2.45, 2.75) is 64.5 Å². The zero-order chi connectivity index (χ0) is 14.1. The van der Waals surface area contributed by atoms with Gasteiger partial charge in [-0.3, -0.25) is 0 Å². The number of benzene rings is 1. The minimum atomic E-state index is -0.694. The third-order valence-corrected chi connectivity index (χ3v) is 3.75. The van der Waals surface area contributed by atoms with E-state index in [0.29, 0.717) is 13.0 Å². The molecule has 0 heterocycles. The summed E-state index contributed by atoms with van der Waals surface area (Å²) >= 11 is 0. The van der Waals surface area contributed by atoms with Crippen LogP contribution in [0.2, 0.25) is 0 Å². The van der Waals surface area contributed by atoms with E-state index in [0.717, 1.165) is 0 Å². The van der Waals surface area contributed by atoms with Gasteiger partial charge in [0.25, 0.3) is 0 Å². The summed E-state index contributed by atoms with van der Waals surface area (Å²) in [5.41, 5.74) is 3.58. The minimum Gasteiger partial charge on any atom is -0.389 e. The maximum absolute atomic E-state index is 10.5. The van der Waals surface area contributed by atoms with Gasteiger partial charge in [-0.25, -0.2) is 0 Å². The van der Waals surface area contributed by atoms with E-state index in [1.165, 1.54) is 36.0 Å². The van der Waals surface area contributed by atoms with Gasteiger partial charge in [0, 0.05) is 18.5 Å². The third kappa shape index (κ3) is 4.32. The fourth-order valence-corrected chi connectivity index (χ4v) is 2.69. The molecule has 106 valence electrons. The van der Waals surface area contributed by atoms with E-state index in [4.69, 9.17) is 0 Å². The third-order valence-electron chi connectivity index (χ3n) is 3.75. The van der Waals surface area contributed by atoms with Crippen molar-refractivity contribution in [1.82, 2.24) is 5.32 Å². The highest BCUT2D eigenvalue weighted by Crippen LogP contribution is 2.24. The van der Waals surface area contributed by atoms with Crippen molar-refractivity contribution in [1.29, 1.82) is 0 Å². The molecule has 0 aromatic heterocycles. The van der Waals surface area contributed by atoms with E-state index in [9.17, 15) is 5.11 Å². The van der Waals surface area contributed by atoms with Crippen LogP contribution in [0.25, 0.3) is 0 Å². The molecule has 2 nitrogen and oxygen atoms in total.